The highest BCUT2D eigenvalue weighted by Gasteiger charge is 2.47. The average Bonchev–Trinajstić information content (AvgIpc) is 2.59. The molecule has 132 valence electrons. The van der Waals surface area contributed by atoms with E-state index in [4.69, 9.17) is 19.3 Å². The van der Waals surface area contributed by atoms with Crippen LogP contribution in [0.1, 0.15) is 0 Å². The van der Waals surface area contributed by atoms with Gasteiger partial charge >= 0.3 is 5.91 Å². The zero-order valence-corrected chi connectivity index (χ0v) is 12.3. The van der Waals surface area contributed by atoms with Gasteiger partial charge in [-0.3, -0.25) is 10.0 Å². The molecule has 2 aliphatic heterocycles. The summed E-state index contributed by atoms with van der Waals surface area (Å²) in [7, 11) is 0. The molecule has 6 atom stereocenters. The molecule has 1 fully saturated rings. The molecular weight excluding hydrogens is 326 g/mol. The fourth-order valence-electron chi connectivity index (χ4n) is 2.50. The number of hydrogen-bond donors (Lipinski definition) is 5. The molecule has 1 amide bonds. The van der Waals surface area contributed by atoms with Gasteiger partial charge in [-0.15, -0.1) is 0 Å². The van der Waals surface area contributed by atoms with Gasteiger partial charge in [0.25, 0.3) is 6.29 Å². The molecule has 2 heterocycles. The molecule has 1 aromatic rings. The third kappa shape index (κ3) is 2.84. The zero-order chi connectivity index (χ0) is 17.4. The largest absolute Gasteiger partial charge is 0.453 e. The Hall–Kier alpha value is -1.79. The lowest BCUT2D eigenvalue weighted by Gasteiger charge is -2.41. The second-order valence-corrected chi connectivity index (χ2v) is 5.40. The number of ether oxygens (including phenoxy) is 3. The number of aliphatic hydroxyl groups excluding tert-OH is 4. The first-order valence-electron chi connectivity index (χ1n) is 7.18. The Balaban J connectivity index is 1.77. The van der Waals surface area contributed by atoms with Crippen LogP contribution in [-0.2, 0) is 14.3 Å². The lowest BCUT2D eigenvalue weighted by molar-refractivity contribution is -0.323. The predicted molar refractivity (Wildman–Crippen MR) is 75.0 cm³/mol. The number of hydroxylamine groups is 1. The first kappa shape index (κ1) is 17.0. The molecule has 0 spiro atoms. The van der Waals surface area contributed by atoms with Gasteiger partial charge in [-0.2, -0.15) is 5.06 Å². The van der Waals surface area contributed by atoms with E-state index in [0.29, 0.717) is 5.06 Å². The van der Waals surface area contributed by atoms with Gasteiger partial charge < -0.3 is 34.6 Å². The van der Waals surface area contributed by atoms with E-state index in [1.54, 1.807) is 12.1 Å². The third-order valence-corrected chi connectivity index (χ3v) is 3.84. The summed E-state index contributed by atoms with van der Waals surface area (Å²) in [6, 6.07) is 6.16. The van der Waals surface area contributed by atoms with Crippen molar-refractivity contribution >= 4 is 11.6 Å². The molecule has 1 aromatic carbocycles. The second kappa shape index (κ2) is 6.61. The number of rotatable bonds is 3. The number of carbonyl (C=O) groups excluding carboxylic acids is 1. The van der Waals surface area contributed by atoms with Gasteiger partial charge in [0.2, 0.25) is 0 Å². The first-order chi connectivity index (χ1) is 11.4. The van der Waals surface area contributed by atoms with Crippen LogP contribution in [0.15, 0.2) is 24.3 Å². The number of benzene rings is 1. The monoisotopic (exact) mass is 343 g/mol. The molecule has 0 saturated carbocycles. The van der Waals surface area contributed by atoms with Crippen LogP contribution < -0.4 is 9.80 Å². The summed E-state index contributed by atoms with van der Waals surface area (Å²) in [6.45, 7) is -0.640. The molecule has 10 heteroatoms. The number of hydrogen-bond acceptors (Lipinski definition) is 9. The normalized spacial score (nSPS) is 36.2. The van der Waals surface area contributed by atoms with Crippen LogP contribution in [0.5, 0.6) is 5.75 Å². The first-order valence-corrected chi connectivity index (χ1v) is 7.18. The van der Waals surface area contributed by atoms with E-state index >= 15 is 0 Å². The van der Waals surface area contributed by atoms with Gasteiger partial charge in [0.15, 0.2) is 6.29 Å². The lowest BCUT2D eigenvalue weighted by Crippen LogP contribution is -2.61. The summed E-state index contributed by atoms with van der Waals surface area (Å²) in [5, 5.41) is 48.7. The van der Waals surface area contributed by atoms with Crippen molar-refractivity contribution in [3.63, 3.8) is 0 Å². The number of nitrogens with zero attached hydrogens (tertiary/aromatic N) is 1. The maximum Gasteiger partial charge on any atom is 0.320 e. The van der Waals surface area contributed by atoms with E-state index in [1.165, 1.54) is 12.1 Å². The SMILES string of the molecule is O=C1C(OC2O[C@H](CO)[C@@H](O)[C@H](O)[C@H]2O)Oc2ccccc2N1O. The van der Waals surface area contributed by atoms with Crippen molar-refractivity contribution in [2.45, 2.75) is 37.0 Å². The Morgan fingerprint density at radius 1 is 1.12 bits per heavy atom. The maximum atomic E-state index is 12.1. The highest BCUT2D eigenvalue weighted by Crippen LogP contribution is 2.34. The molecule has 2 unspecified atom stereocenters. The van der Waals surface area contributed by atoms with Crippen LogP contribution in [0.2, 0.25) is 0 Å². The summed E-state index contributed by atoms with van der Waals surface area (Å²) in [5.74, 6) is -0.806. The number of carbonyl (C=O) groups is 1. The predicted octanol–water partition coefficient (Wildman–Crippen LogP) is -2.06. The topological polar surface area (TPSA) is 149 Å². The summed E-state index contributed by atoms with van der Waals surface area (Å²) >= 11 is 0. The average molecular weight is 343 g/mol. The minimum atomic E-state index is -1.69. The summed E-state index contributed by atoms with van der Waals surface area (Å²) < 4.78 is 15.7. The highest BCUT2D eigenvalue weighted by molar-refractivity contribution is 5.97. The zero-order valence-electron chi connectivity index (χ0n) is 12.3. The van der Waals surface area contributed by atoms with Gasteiger partial charge in [-0.05, 0) is 12.1 Å². The van der Waals surface area contributed by atoms with E-state index in [9.17, 15) is 25.3 Å². The highest BCUT2D eigenvalue weighted by atomic mass is 16.8. The van der Waals surface area contributed by atoms with E-state index < -0.39 is 49.5 Å². The summed E-state index contributed by atoms with van der Waals surface area (Å²) in [4.78, 5) is 12.1. The summed E-state index contributed by atoms with van der Waals surface area (Å²) in [5.41, 5.74) is 0.121. The van der Waals surface area contributed by atoms with Crippen LogP contribution in [-0.4, -0.2) is 75.1 Å². The second-order valence-electron chi connectivity index (χ2n) is 5.40. The number of anilines is 1. The van der Waals surface area contributed by atoms with Crippen molar-refractivity contribution in [2.24, 2.45) is 0 Å². The van der Waals surface area contributed by atoms with Gasteiger partial charge in [-0.1, -0.05) is 12.1 Å². The Morgan fingerprint density at radius 3 is 2.54 bits per heavy atom. The molecule has 5 N–H and O–H groups in total. The van der Waals surface area contributed by atoms with Gasteiger partial charge in [0.1, 0.15) is 35.9 Å². The van der Waals surface area contributed by atoms with Gasteiger partial charge in [0.05, 0.1) is 6.61 Å². The minimum Gasteiger partial charge on any atom is -0.453 e. The quantitative estimate of drug-likeness (QED) is 0.391. The smallest absolute Gasteiger partial charge is 0.320 e. The Bertz CT molecular complexity index is 610. The minimum absolute atomic E-state index is 0.121. The third-order valence-electron chi connectivity index (χ3n) is 3.84. The van der Waals surface area contributed by atoms with Crippen LogP contribution in [0.25, 0.3) is 0 Å². The van der Waals surface area contributed by atoms with Crippen molar-refractivity contribution in [1.29, 1.82) is 0 Å². The Morgan fingerprint density at radius 2 is 1.83 bits per heavy atom. The van der Waals surface area contributed by atoms with E-state index in [1.807, 2.05) is 0 Å². The van der Waals surface area contributed by atoms with Crippen molar-refractivity contribution in [3.8, 4) is 5.75 Å². The lowest BCUT2D eigenvalue weighted by atomic mass is 9.99. The van der Waals surface area contributed by atoms with Crippen molar-refractivity contribution in [3.05, 3.63) is 24.3 Å². The molecule has 0 radical (unpaired) electrons. The maximum absolute atomic E-state index is 12.1. The number of para-hydroxylation sites is 2. The van der Waals surface area contributed by atoms with Gasteiger partial charge in [0, 0.05) is 0 Å². The fourth-order valence-corrected chi connectivity index (χ4v) is 2.50. The summed E-state index contributed by atoms with van der Waals surface area (Å²) in [6.07, 6.45) is -9.30. The Kier molecular flexibility index (Phi) is 4.69. The molecule has 3 rings (SSSR count). The molecular formula is C14H17NO9. The molecule has 1 saturated heterocycles. The van der Waals surface area contributed by atoms with Crippen molar-refractivity contribution in [1.82, 2.24) is 0 Å². The number of aliphatic hydroxyl groups is 4. The molecule has 0 aliphatic carbocycles. The molecule has 24 heavy (non-hydrogen) atoms. The number of amides is 1. The van der Waals surface area contributed by atoms with Crippen molar-refractivity contribution in [2.75, 3.05) is 11.7 Å². The van der Waals surface area contributed by atoms with Crippen LogP contribution in [0.3, 0.4) is 0 Å². The van der Waals surface area contributed by atoms with Crippen LogP contribution in [0.4, 0.5) is 5.69 Å². The van der Waals surface area contributed by atoms with Crippen LogP contribution in [0, 0.1) is 0 Å². The molecule has 0 aromatic heterocycles. The Labute approximate surface area is 136 Å². The standard InChI is InChI=1S/C14H17NO9/c16-5-8-9(17)10(18)11(19)13(23-8)24-14-12(20)15(21)6-3-1-2-4-7(6)22-14/h1-4,8-11,13-14,16-19,21H,5H2/t8-,9-,10+,11-,13?,14?/m1/s1. The van der Waals surface area contributed by atoms with Gasteiger partial charge in [-0.25, -0.2) is 0 Å². The number of fused-ring (bicyclic) bond motifs is 1. The van der Waals surface area contributed by atoms with Crippen molar-refractivity contribution < 1.29 is 44.6 Å². The van der Waals surface area contributed by atoms with E-state index in [-0.39, 0.29) is 11.4 Å². The van der Waals surface area contributed by atoms with E-state index in [0.717, 1.165) is 0 Å². The molecule has 2 aliphatic rings. The molecule has 0 bridgehead atoms. The van der Waals surface area contributed by atoms with E-state index in [2.05, 4.69) is 0 Å². The fraction of sp³-hybridized carbons (Fsp3) is 0.500. The molecule has 10 nitrogen and oxygen atoms in total. The van der Waals surface area contributed by atoms with Crippen LogP contribution >= 0.6 is 0 Å².